The van der Waals surface area contributed by atoms with Crippen LogP contribution in [-0.4, -0.2) is 19.6 Å². The van der Waals surface area contributed by atoms with E-state index < -0.39 is 0 Å². The summed E-state index contributed by atoms with van der Waals surface area (Å²) >= 11 is 3.53. The Hall–Kier alpha value is -4.75. The molecule has 7 heteroatoms. The number of nitrogens with zero attached hydrogens (tertiary/aromatic N) is 4. The first-order valence-corrected chi connectivity index (χ1v) is 13.8. The fourth-order valence-corrected chi connectivity index (χ4v) is 5.96. The molecule has 0 bridgehead atoms. The molecular formula is C33H21BrN4O2. The van der Waals surface area contributed by atoms with Crippen molar-refractivity contribution in [1.29, 1.82) is 0 Å². The summed E-state index contributed by atoms with van der Waals surface area (Å²) < 4.78 is 15.4. The predicted octanol–water partition coefficient (Wildman–Crippen LogP) is 8.06. The maximum atomic E-state index is 6.51. The Kier molecular flexibility index (Phi) is 5.31. The molecule has 1 atom stereocenters. The third kappa shape index (κ3) is 3.81. The van der Waals surface area contributed by atoms with Crippen LogP contribution in [0.1, 0.15) is 28.4 Å². The summed E-state index contributed by atoms with van der Waals surface area (Å²) in [6.45, 7) is 0.233. The quantitative estimate of drug-likeness (QED) is 0.209. The summed E-state index contributed by atoms with van der Waals surface area (Å²) in [5.41, 5.74) is 3.82. The van der Waals surface area contributed by atoms with Gasteiger partial charge in [-0.2, -0.15) is 0 Å². The Morgan fingerprint density at radius 1 is 0.825 bits per heavy atom. The van der Waals surface area contributed by atoms with Crippen LogP contribution < -0.4 is 9.47 Å². The van der Waals surface area contributed by atoms with Crippen molar-refractivity contribution in [2.24, 2.45) is 0 Å². The highest BCUT2D eigenvalue weighted by Crippen LogP contribution is 2.50. The standard InChI is InChI=1S/C33H21BrN4O2/c34-24-13-10-23-17-25(14-11-22(23)16-24)39-18-28-36-32-30-29(21-7-2-1-3-8-21)27-15-12-20-6-4-5-9-26(20)31(27)40-33(30)35-19-38(32)37-28/h1-17,19,29H,18H2/t29-/m0/s1. The maximum Gasteiger partial charge on any atom is 0.228 e. The van der Waals surface area contributed by atoms with E-state index in [1.54, 1.807) is 10.8 Å². The minimum absolute atomic E-state index is 0.112. The molecule has 0 fully saturated rings. The topological polar surface area (TPSA) is 61.5 Å². The Bertz CT molecular complexity index is 2070. The van der Waals surface area contributed by atoms with Gasteiger partial charge >= 0.3 is 0 Å². The van der Waals surface area contributed by atoms with Gasteiger partial charge in [0.25, 0.3) is 0 Å². The van der Waals surface area contributed by atoms with E-state index >= 15 is 0 Å². The van der Waals surface area contributed by atoms with Gasteiger partial charge < -0.3 is 9.47 Å². The van der Waals surface area contributed by atoms with Crippen molar-refractivity contribution in [2.45, 2.75) is 12.5 Å². The van der Waals surface area contributed by atoms with Crippen LogP contribution in [0.2, 0.25) is 0 Å². The molecule has 7 aromatic rings. The summed E-state index contributed by atoms with van der Waals surface area (Å²) in [6.07, 6.45) is 1.66. The number of aromatic nitrogens is 4. The molecule has 5 aromatic carbocycles. The number of fused-ring (bicyclic) bond motifs is 7. The van der Waals surface area contributed by atoms with Crippen LogP contribution in [0.4, 0.5) is 0 Å². The molecule has 1 aliphatic heterocycles. The molecule has 0 unspecified atom stereocenters. The van der Waals surface area contributed by atoms with E-state index in [0.29, 0.717) is 17.4 Å². The summed E-state index contributed by atoms with van der Waals surface area (Å²) in [5.74, 6) is 2.61. The largest absolute Gasteiger partial charge is 0.486 e. The van der Waals surface area contributed by atoms with Gasteiger partial charge in [0.1, 0.15) is 24.4 Å². The molecule has 0 radical (unpaired) electrons. The van der Waals surface area contributed by atoms with Crippen LogP contribution in [0.15, 0.2) is 114 Å². The first-order valence-electron chi connectivity index (χ1n) is 13.0. The van der Waals surface area contributed by atoms with E-state index in [4.69, 9.17) is 24.5 Å². The molecule has 1 aliphatic rings. The zero-order valence-electron chi connectivity index (χ0n) is 21.2. The molecule has 0 N–H and O–H groups in total. The van der Waals surface area contributed by atoms with Gasteiger partial charge in [0.2, 0.25) is 5.88 Å². The third-order valence-corrected chi connectivity index (χ3v) is 7.91. The molecule has 2 aromatic heterocycles. The Morgan fingerprint density at radius 2 is 1.62 bits per heavy atom. The SMILES string of the molecule is Brc1ccc2cc(OCc3nc4c5c(ncn4n3)Oc3c(ccc4ccccc34)[C@@H]5c3ccccc3)ccc2c1. The molecule has 0 saturated heterocycles. The van der Waals surface area contributed by atoms with Crippen molar-refractivity contribution < 1.29 is 9.47 Å². The number of halogens is 1. The van der Waals surface area contributed by atoms with E-state index in [2.05, 4.69) is 82.7 Å². The van der Waals surface area contributed by atoms with Crippen molar-refractivity contribution in [3.05, 3.63) is 136 Å². The van der Waals surface area contributed by atoms with Crippen LogP contribution in [0.5, 0.6) is 17.4 Å². The van der Waals surface area contributed by atoms with E-state index in [9.17, 15) is 0 Å². The van der Waals surface area contributed by atoms with Crippen LogP contribution in [0.3, 0.4) is 0 Å². The van der Waals surface area contributed by atoms with Crippen LogP contribution in [-0.2, 0) is 6.61 Å². The molecule has 0 amide bonds. The molecule has 0 aliphatic carbocycles. The highest BCUT2D eigenvalue weighted by Gasteiger charge is 2.34. The molecule has 0 spiro atoms. The third-order valence-electron chi connectivity index (χ3n) is 7.41. The molecule has 40 heavy (non-hydrogen) atoms. The Morgan fingerprint density at radius 3 is 2.55 bits per heavy atom. The van der Waals surface area contributed by atoms with E-state index in [1.165, 1.54) is 0 Å². The normalized spacial score (nSPS) is 14.2. The number of rotatable bonds is 4. The van der Waals surface area contributed by atoms with Crippen LogP contribution in [0, 0.1) is 0 Å². The van der Waals surface area contributed by atoms with Crippen molar-refractivity contribution in [3.63, 3.8) is 0 Å². The highest BCUT2D eigenvalue weighted by atomic mass is 79.9. The molecular weight excluding hydrogens is 564 g/mol. The Labute approximate surface area is 238 Å². The van der Waals surface area contributed by atoms with Crippen molar-refractivity contribution in [3.8, 4) is 17.4 Å². The van der Waals surface area contributed by atoms with Crippen molar-refractivity contribution >= 4 is 43.1 Å². The molecule has 3 heterocycles. The van der Waals surface area contributed by atoms with Crippen molar-refractivity contribution in [1.82, 2.24) is 19.6 Å². The van der Waals surface area contributed by atoms with Gasteiger partial charge in [-0.25, -0.2) is 14.5 Å². The first-order chi connectivity index (χ1) is 19.7. The average molecular weight is 585 g/mol. The highest BCUT2D eigenvalue weighted by molar-refractivity contribution is 9.10. The Balaban J connectivity index is 1.21. The van der Waals surface area contributed by atoms with Gasteiger partial charge in [-0.15, -0.1) is 5.10 Å². The smallest absolute Gasteiger partial charge is 0.228 e. The van der Waals surface area contributed by atoms with E-state index in [-0.39, 0.29) is 12.5 Å². The van der Waals surface area contributed by atoms with E-state index in [1.807, 2.05) is 36.4 Å². The average Bonchev–Trinajstić information content (AvgIpc) is 3.43. The number of ether oxygens (including phenoxy) is 2. The zero-order valence-corrected chi connectivity index (χ0v) is 22.7. The second kappa shape index (κ2) is 9.17. The maximum absolute atomic E-state index is 6.51. The minimum Gasteiger partial charge on any atom is -0.486 e. The first kappa shape index (κ1) is 23.2. The van der Waals surface area contributed by atoms with Crippen LogP contribution in [0.25, 0.3) is 27.2 Å². The summed E-state index contributed by atoms with van der Waals surface area (Å²) in [6, 6.07) is 35.2. The van der Waals surface area contributed by atoms with Gasteiger partial charge in [0, 0.05) is 21.3 Å². The van der Waals surface area contributed by atoms with Gasteiger partial charge in [-0.1, -0.05) is 94.8 Å². The molecule has 6 nitrogen and oxygen atoms in total. The zero-order chi connectivity index (χ0) is 26.6. The summed E-state index contributed by atoms with van der Waals surface area (Å²) in [5, 5.41) is 9.14. The van der Waals surface area contributed by atoms with Gasteiger partial charge in [-0.3, -0.25) is 0 Å². The lowest BCUT2D eigenvalue weighted by molar-refractivity contribution is 0.296. The van der Waals surface area contributed by atoms with Crippen LogP contribution >= 0.6 is 15.9 Å². The molecule has 0 saturated carbocycles. The van der Waals surface area contributed by atoms with Gasteiger partial charge in [0.05, 0.1) is 5.56 Å². The number of benzene rings is 5. The lowest BCUT2D eigenvalue weighted by Crippen LogP contribution is -2.15. The predicted molar refractivity (Wildman–Crippen MR) is 158 cm³/mol. The molecule has 8 rings (SSSR count). The number of hydrogen-bond donors (Lipinski definition) is 0. The minimum atomic E-state index is -0.112. The summed E-state index contributed by atoms with van der Waals surface area (Å²) in [4.78, 5) is 9.62. The fraction of sp³-hybridized carbons (Fsp3) is 0.0606. The lowest BCUT2D eigenvalue weighted by Gasteiger charge is -2.28. The van der Waals surface area contributed by atoms with Gasteiger partial charge in [-0.05, 0) is 46.0 Å². The summed E-state index contributed by atoms with van der Waals surface area (Å²) in [7, 11) is 0. The second-order valence-electron chi connectivity index (χ2n) is 9.85. The van der Waals surface area contributed by atoms with Crippen molar-refractivity contribution in [2.75, 3.05) is 0 Å². The lowest BCUT2D eigenvalue weighted by atomic mass is 9.83. The monoisotopic (exact) mass is 584 g/mol. The molecule has 192 valence electrons. The van der Waals surface area contributed by atoms with E-state index in [0.717, 1.165) is 54.2 Å². The number of hydrogen-bond acceptors (Lipinski definition) is 5. The second-order valence-corrected chi connectivity index (χ2v) is 10.8. The van der Waals surface area contributed by atoms with Gasteiger partial charge in [0.15, 0.2) is 11.5 Å². The fourth-order valence-electron chi connectivity index (χ4n) is 5.58.